The molecule has 0 spiro atoms. The maximum atomic E-state index is 12.8. The van der Waals surface area contributed by atoms with Crippen molar-refractivity contribution in [3.8, 4) is 5.88 Å². The van der Waals surface area contributed by atoms with Gasteiger partial charge in [0.2, 0.25) is 5.88 Å². The Morgan fingerprint density at radius 1 is 1.21 bits per heavy atom. The third-order valence-electron chi connectivity index (χ3n) is 5.09. The van der Waals surface area contributed by atoms with Crippen molar-refractivity contribution in [3.05, 3.63) is 35.1 Å². The molecule has 0 bridgehead atoms. The number of amides is 1. The molecular formula is C23H29ClN4O5. The number of rotatable bonds is 5. The summed E-state index contributed by atoms with van der Waals surface area (Å²) in [6.07, 6.45) is 4.18. The Balaban J connectivity index is 1.84. The number of likely N-dealkylation sites (tertiary alicyclic amines) is 1. The molecule has 2 aromatic rings. The van der Waals surface area contributed by atoms with Gasteiger partial charge in [0.05, 0.1) is 30.3 Å². The molecular weight excluding hydrogens is 448 g/mol. The summed E-state index contributed by atoms with van der Waals surface area (Å²) in [4.78, 5) is 35.6. The van der Waals surface area contributed by atoms with Crippen LogP contribution in [0.15, 0.2) is 24.5 Å². The van der Waals surface area contributed by atoms with E-state index in [9.17, 15) is 9.59 Å². The van der Waals surface area contributed by atoms with E-state index in [1.807, 2.05) is 25.7 Å². The number of alkyl carbamates (subject to hydrolysis) is 1. The smallest absolute Gasteiger partial charge is 0.407 e. The number of pyridine rings is 2. The van der Waals surface area contributed by atoms with Gasteiger partial charge < -0.3 is 24.4 Å². The number of nitrogens with one attached hydrogen (secondary N) is 1. The largest absolute Gasteiger partial charge is 0.481 e. The highest BCUT2D eigenvalue weighted by molar-refractivity contribution is 6.36. The van der Waals surface area contributed by atoms with E-state index < -0.39 is 17.7 Å². The molecule has 0 aromatic carbocycles. The average Bonchev–Trinajstić information content (AvgIpc) is 2.76. The Hall–Kier alpha value is -3.07. The maximum absolute atomic E-state index is 12.8. The third kappa shape index (κ3) is 6.25. The number of esters is 1. The van der Waals surface area contributed by atoms with Crippen molar-refractivity contribution < 1.29 is 23.8 Å². The predicted octanol–water partition coefficient (Wildman–Crippen LogP) is 3.79. The monoisotopic (exact) mass is 476 g/mol. The predicted molar refractivity (Wildman–Crippen MR) is 125 cm³/mol. The minimum atomic E-state index is -0.549. The number of methoxy groups -OCH3 is 2. The lowest BCUT2D eigenvalue weighted by atomic mass is 10.0. The van der Waals surface area contributed by atoms with E-state index in [0.29, 0.717) is 48.4 Å². The molecule has 1 N–H and O–H groups in total. The van der Waals surface area contributed by atoms with Crippen molar-refractivity contribution in [2.75, 3.05) is 27.3 Å². The van der Waals surface area contributed by atoms with Gasteiger partial charge in [-0.05, 0) is 39.7 Å². The van der Waals surface area contributed by atoms with E-state index in [1.54, 1.807) is 18.3 Å². The topological polar surface area (TPSA) is 103 Å². The molecule has 0 radical (unpaired) electrons. The number of halogens is 1. The molecule has 1 saturated heterocycles. The Bertz CT molecular complexity index is 1060. The summed E-state index contributed by atoms with van der Waals surface area (Å²) in [6.45, 7) is 6.72. The molecule has 0 unspecified atom stereocenters. The van der Waals surface area contributed by atoms with Gasteiger partial charge in [-0.25, -0.2) is 14.6 Å². The molecule has 1 amide bonds. The molecule has 0 saturated carbocycles. The van der Waals surface area contributed by atoms with E-state index >= 15 is 0 Å². The Morgan fingerprint density at radius 2 is 1.91 bits per heavy atom. The van der Waals surface area contributed by atoms with Gasteiger partial charge in [-0.3, -0.25) is 4.98 Å². The van der Waals surface area contributed by atoms with E-state index in [1.165, 1.54) is 20.4 Å². The summed E-state index contributed by atoms with van der Waals surface area (Å²) in [5, 5.41) is 3.19. The van der Waals surface area contributed by atoms with Crippen LogP contribution in [0, 0.1) is 0 Å². The van der Waals surface area contributed by atoms with Crippen LogP contribution in [0.4, 0.5) is 4.79 Å². The number of piperidine rings is 1. The van der Waals surface area contributed by atoms with Crippen LogP contribution in [0.3, 0.4) is 0 Å². The number of hydrogen-bond donors (Lipinski definition) is 1. The summed E-state index contributed by atoms with van der Waals surface area (Å²) in [7, 11) is 2.83. The highest BCUT2D eigenvalue weighted by Crippen LogP contribution is 2.32. The zero-order valence-corrected chi connectivity index (χ0v) is 20.2. The van der Waals surface area contributed by atoms with Crippen LogP contribution in [0.1, 0.15) is 39.2 Å². The molecule has 10 heteroatoms. The molecule has 1 fully saturated rings. The molecule has 0 atom stereocenters. The molecule has 3 rings (SSSR count). The maximum Gasteiger partial charge on any atom is 0.407 e. The first-order chi connectivity index (χ1) is 15.6. The second-order valence-electron chi connectivity index (χ2n) is 8.69. The van der Waals surface area contributed by atoms with Crippen LogP contribution in [0.5, 0.6) is 5.88 Å². The van der Waals surface area contributed by atoms with Gasteiger partial charge in [-0.15, -0.1) is 0 Å². The quantitative estimate of drug-likeness (QED) is 0.513. The minimum Gasteiger partial charge on any atom is -0.481 e. The zero-order valence-electron chi connectivity index (χ0n) is 19.5. The van der Waals surface area contributed by atoms with Crippen molar-refractivity contribution >= 4 is 40.3 Å². The molecule has 2 aromatic heterocycles. The van der Waals surface area contributed by atoms with E-state index in [2.05, 4.69) is 15.3 Å². The van der Waals surface area contributed by atoms with Gasteiger partial charge in [0.15, 0.2) is 0 Å². The molecule has 0 aliphatic carbocycles. The first-order valence-corrected chi connectivity index (χ1v) is 11.0. The van der Waals surface area contributed by atoms with Gasteiger partial charge in [0.25, 0.3) is 0 Å². The van der Waals surface area contributed by atoms with E-state index in [4.69, 9.17) is 25.8 Å². The lowest BCUT2D eigenvalue weighted by molar-refractivity contribution is -0.133. The van der Waals surface area contributed by atoms with E-state index in [-0.39, 0.29) is 16.6 Å². The Kier molecular flexibility index (Phi) is 7.63. The van der Waals surface area contributed by atoms with Crippen LogP contribution in [-0.2, 0) is 14.3 Å². The average molecular weight is 477 g/mol. The Labute approximate surface area is 198 Å². The SMILES string of the molecule is COC(=O)C(=CN1CCC(NC(=O)OC(C)(C)C)CC1)c1c(Cl)cnc2ccc(OC)nc12. The van der Waals surface area contributed by atoms with Crippen LogP contribution < -0.4 is 10.1 Å². The second-order valence-corrected chi connectivity index (χ2v) is 9.10. The lowest BCUT2D eigenvalue weighted by Gasteiger charge is -2.32. The number of carbonyl (C=O) groups is 2. The first-order valence-electron chi connectivity index (χ1n) is 10.6. The van der Waals surface area contributed by atoms with Crippen molar-refractivity contribution in [1.29, 1.82) is 0 Å². The molecule has 1 aliphatic heterocycles. The highest BCUT2D eigenvalue weighted by atomic mass is 35.5. The lowest BCUT2D eigenvalue weighted by Crippen LogP contribution is -2.45. The number of aromatic nitrogens is 2. The zero-order chi connectivity index (χ0) is 24.2. The fourth-order valence-corrected chi connectivity index (χ4v) is 3.79. The third-order valence-corrected chi connectivity index (χ3v) is 5.37. The van der Waals surface area contributed by atoms with Crippen molar-refractivity contribution in [2.24, 2.45) is 0 Å². The van der Waals surface area contributed by atoms with Gasteiger partial charge in [0, 0.05) is 43.2 Å². The minimum absolute atomic E-state index is 0.0117. The summed E-state index contributed by atoms with van der Waals surface area (Å²) in [6, 6.07) is 3.43. The van der Waals surface area contributed by atoms with Gasteiger partial charge in [-0.2, -0.15) is 0 Å². The number of carbonyl (C=O) groups excluding carboxylic acids is 2. The summed E-state index contributed by atoms with van der Waals surface area (Å²) in [5.41, 5.74) is 1.17. The highest BCUT2D eigenvalue weighted by Gasteiger charge is 2.26. The van der Waals surface area contributed by atoms with Gasteiger partial charge >= 0.3 is 12.1 Å². The number of hydrogen-bond acceptors (Lipinski definition) is 8. The Morgan fingerprint density at radius 3 is 2.52 bits per heavy atom. The normalized spacial score (nSPS) is 15.3. The molecule has 178 valence electrons. The molecule has 1 aliphatic rings. The van der Waals surface area contributed by atoms with Gasteiger partial charge in [-0.1, -0.05) is 11.6 Å². The molecule has 9 nitrogen and oxygen atoms in total. The summed E-state index contributed by atoms with van der Waals surface area (Å²) < 4.78 is 15.6. The number of ether oxygens (including phenoxy) is 3. The second kappa shape index (κ2) is 10.2. The van der Waals surface area contributed by atoms with Gasteiger partial charge in [0.1, 0.15) is 11.1 Å². The van der Waals surface area contributed by atoms with Crippen LogP contribution in [0.25, 0.3) is 16.6 Å². The van der Waals surface area contributed by atoms with Crippen molar-refractivity contribution in [1.82, 2.24) is 20.2 Å². The van der Waals surface area contributed by atoms with E-state index in [0.717, 1.165) is 0 Å². The van der Waals surface area contributed by atoms with Crippen LogP contribution in [-0.4, -0.2) is 65.9 Å². The fraction of sp³-hybridized carbons (Fsp3) is 0.478. The number of fused-ring (bicyclic) bond motifs is 1. The van der Waals surface area contributed by atoms with Crippen LogP contribution >= 0.6 is 11.6 Å². The standard InChI is InChI=1S/C23H29ClN4O5/c1-23(2,3)33-22(30)26-14-8-10-28(11-9-14)13-15(21(29)32-5)19-16(24)12-25-17-6-7-18(31-4)27-20(17)19/h6-7,12-14H,8-11H2,1-5H3,(H,26,30). The molecule has 3 heterocycles. The molecule has 33 heavy (non-hydrogen) atoms. The summed E-state index contributed by atoms with van der Waals surface area (Å²) >= 11 is 6.47. The van der Waals surface area contributed by atoms with Crippen molar-refractivity contribution in [2.45, 2.75) is 45.3 Å². The number of nitrogens with zero attached hydrogens (tertiary/aromatic N) is 3. The van der Waals surface area contributed by atoms with Crippen molar-refractivity contribution in [3.63, 3.8) is 0 Å². The summed E-state index contributed by atoms with van der Waals surface area (Å²) in [5.74, 6) is -0.158. The fourth-order valence-electron chi connectivity index (χ4n) is 3.55. The van der Waals surface area contributed by atoms with Crippen LogP contribution in [0.2, 0.25) is 5.02 Å². The first kappa shape index (κ1) is 24.6.